The SMILES string of the molecule is CCNCCNC(=O)C1CCC(NC(=O)CC2CCCCC2)CC1. The van der Waals surface area contributed by atoms with E-state index in [2.05, 4.69) is 22.9 Å². The summed E-state index contributed by atoms with van der Waals surface area (Å²) in [6.07, 6.45) is 10.7. The molecule has 2 amide bonds. The fourth-order valence-corrected chi connectivity index (χ4v) is 4.04. The first-order chi connectivity index (χ1) is 11.7. The van der Waals surface area contributed by atoms with Crippen molar-refractivity contribution >= 4 is 11.8 Å². The first-order valence-electron chi connectivity index (χ1n) is 9.96. The Bertz CT molecular complexity index is 386. The summed E-state index contributed by atoms with van der Waals surface area (Å²) in [6.45, 7) is 4.52. The smallest absolute Gasteiger partial charge is 0.223 e. The Morgan fingerprint density at radius 3 is 2.29 bits per heavy atom. The molecule has 2 aliphatic carbocycles. The minimum absolute atomic E-state index is 0.123. The molecule has 3 N–H and O–H groups in total. The predicted octanol–water partition coefficient (Wildman–Crippen LogP) is 2.36. The molecular weight excluding hydrogens is 302 g/mol. The third-order valence-electron chi connectivity index (χ3n) is 5.51. The number of nitrogens with one attached hydrogen (secondary N) is 3. The maximum Gasteiger partial charge on any atom is 0.223 e. The van der Waals surface area contributed by atoms with Crippen molar-refractivity contribution in [3.8, 4) is 0 Å². The largest absolute Gasteiger partial charge is 0.355 e. The van der Waals surface area contributed by atoms with Crippen molar-refractivity contribution in [3.63, 3.8) is 0 Å². The summed E-state index contributed by atoms with van der Waals surface area (Å²) in [6, 6.07) is 0.270. The molecule has 2 saturated carbocycles. The Morgan fingerprint density at radius 1 is 0.917 bits per heavy atom. The van der Waals surface area contributed by atoms with Gasteiger partial charge < -0.3 is 16.0 Å². The molecule has 0 heterocycles. The highest BCUT2D eigenvalue weighted by Gasteiger charge is 2.27. The van der Waals surface area contributed by atoms with Crippen LogP contribution in [0.1, 0.15) is 71.1 Å². The van der Waals surface area contributed by atoms with Crippen molar-refractivity contribution in [2.24, 2.45) is 11.8 Å². The predicted molar refractivity (Wildman–Crippen MR) is 96.6 cm³/mol. The summed E-state index contributed by atoms with van der Waals surface area (Å²) in [4.78, 5) is 24.3. The molecule has 24 heavy (non-hydrogen) atoms. The van der Waals surface area contributed by atoms with Gasteiger partial charge in [-0.1, -0.05) is 26.2 Å². The van der Waals surface area contributed by atoms with Gasteiger partial charge in [-0.25, -0.2) is 0 Å². The normalized spacial score (nSPS) is 25.2. The molecule has 0 unspecified atom stereocenters. The minimum Gasteiger partial charge on any atom is -0.355 e. The van der Waals surface area contributed by atoms with E-state index in [1.807, 2.05) is 0 Å². The van der Waals surface area contributed by atoms with Gasteiger partial charge >= 0.3 is 0 Å². The Kier molecular flexibility index (Phi) is 8.57. The molecule has 0 saturated heterocycles. The van der Waals surface area contributed by atoms with Gasteiger partial charge in [0.2, 0.25) is 11.8 Å². The summed E-state index contributed by atoms with van der Waals surface area (Å²) in [5.41, 5.74) is 0. The quantitative estimate of drug-likeness (QED) is 0.596. The summed E-state index contributed by atoms with van der Waals surface area (Å²) in [5.74, 6) is 1.12. The van der Waals surface area contributed by atoms with E-state index in [1.54, 1.807) is 0 Å². The summed E-state index contributed by atoms with van der Waals surface area (Å²) >= 11 is 0. The van der Waals surface area contributed by atoms with Crippen LogP contribution >= 0.6 is 0 Å². The zero-order chi connectivity index (χ0) is 17.2. The Morgan fingerprint density at radius 2 is 1.62 bits per heavy atom. The lowest BCUT2D eigenvalue weighted by atomic mass is 9.84. The van der Waals surface area contributed by atoms with Gasteiger partial charge in [0, 0.05) is 31.5 Å². The van der Waals surface area contributed by atoms with E-state index in [9.17, 15) is 9.59 Å². The molecule has 0 bridgehead atoms. The summed E-state index contributed by atoms with van der Waals surface area (Å²) < 4.78 is 0. The van der Waals surface area contributed by atoms with Crippen molar-refractivity contribution in [3.05, 3.63) is 0 Å². The van der Waals surface area contributed by atoms with Gasteiger partial charge in [0.05, 0.1) is 0 Å². The van der Waals surface area contributed by atoms with Crippen molar-refractivity contribution < 1.29 is 9.59 Å². The van der Waals surface area contributed by atoms with Gasteiger partial charge in [-0.15, -0.1) is 0 Å². The number of amides is 2. The van der Waals surface area contributed by atoms with Crippen molar-refractivity contribution in [1.29, 1.82) is 0 Å². The van der Waals surface area contributed by atoms with E-state index in [0.29, 0.717) is 18.9 Å². The van der Waals surface area contributed by atoms with E-state index in [1.165, 1.54) is 32.1 Å². The highest BCUT2D eigenvalue weighted by molar-refractivity contribution is 5.79. The van der Waals surface area contributed by atoms with E-state index in [4.69, 9.17) is 0 Å². The van der Waals surface area contributed by atoms with Crippen LogP contribution in [0.4, 0.5) is 0 Å². The molecule has 0 aliphatic heterocycles. The minimum atomic E-state index is 0.123. The van der Waals surface area contributed by atoms with Gasteiger partial charge in [-0.05, 0) is 51.0 Å². The number of hydrogen-bond acceptors (Lipinski definition) is 3. The second kappa shape index (κ2) is 10.7. The molecule has 5 heteroatoms. The summed E-state index contributed by atoms with van der Waals surface area (Å²) in [5, 5.41) is 9.42. The third kappa shape index (κ3) is 6.80. The van der Waals surface area contributed by atoms with E-state index in [-0.39, 0.29) is 23.8 Å². The van der Waals surface area contributed by atoms with Crippen molar-refractivity contribution in [2.75, 3.05) is 19.6 Å². The molecular formula is C19H35N3O2. The van der Waals surface area contributed by atoms with Crippen LogP contribution in [-0.4, -0.2) is 37.5 Å². The van der Waals surface area contributed by atoms with Crippen LogP contribution in [0.5, 0.6) is 0 Å². The topological polar surface area (TPSA) is 70.2 Å². The molecule has 5 nitrogen and oxygen atoms in total. The standard InChI is InChI=1S/C19H35N3O2/c1-2-20-12-13-21-19(24)16-8-10-17(11-9-16)22-18(23)14-15-6-4-3-5-7-15/h15-17,20H,2-14H2,1H3,(H,21,24)(H,22,23). The molecule has 0 aromatic rings. The summed E-state index contributed by atoms with van der Waals surface area (Å²) in [7, 11) is 0. The molecule has 138 valence electrons. The number of carbonyl (C=O) groups excluding carboxylic acids is 2. The maximum absolute atomic E-state index is 12.2. The van der Waals surface area contributed by atoms with Gasteiger partial charge in [0.15, 0.2) is 0 Å². The molecule has 0 spiro atoms. The maximum atomic E-state index is 12.2. The molecule has 2 rings (SSSR count). The second-order valence-electron chi connectivity index (χ2n) is 7.47. The highest BCUT2D eigenvalue weighted by Crippen LogP contribution is 2.27. The monoisotopic (exact) mass is 337 g/mol. The van der Waals surface area contributed by atoms with Crippen LogP contribution in [-0.2, 0) is 9.59 Å². The molecule has 2 fully saturated rings. The zero-order valence-electron chi connectivity index (χ0n) is 15.2. The third-order valence-corrected chi connectivity index (χ3v) is 5.51. The Hall–Kier alpha value is -1.10. The Labute approximate surface area is 146 Å². The van der Waals surface area contributed by atoms with Crippen LogP contribution < -0.4 is 16.0 Å². The van der Waals surface area contributed by atoms with E-state index >= 15 is 0 Å². The Balaban J connectivity index is 1.59. The van der Waals surface area contributed by atoms with E-state index in [0.717, 1.165) is 38.8 Å². The van der Waals surface area contributed by atoms with Gasteiger partial charge in [0.25, 0.3) is 0 Å². The average Bonchev–Trinajstić information content (AvgIpc) is 2.60. The lowest BCUT2D eigenvalue weighted by Crippen LogP contribution is -2.42. The highest BCUT2D eigenvalue weighted by atomic mass is 16.2. The molecule has 0 radical (unpaired) electrons. The molecule has 2 aliphatic rings. The lowest BCUT2D eigenvalue weighted by Gasteiger charge is -2.29. The van der Waals surface area contributed by atoms with Crippen LogP contribution in [0, 0.1) is 11.8 Å². The van der Waals surface area contributed by atoms with Crippen LogP contribution in [0.15, 0.2) is 0 Å². The van der Waals surface area contributed by atoms with Crippen LogP contribution in [0.3, 0.4) is 0 Å². The van der Waals surface area contributed by atoms with Gasteiger partial charge in [-0.3, -0.25) is 9.59 Å². The van der Waals surface area contributed by atoms with Crippen molar-refractivity contribution in [2.45, 2.75) is 77.2 Å². The fraction of sp³-hybridized carbons (Fsp3) is 0.895. The number of likely N-dealkylation sites (N-methyl/N-ethyl adjacent to an activating group) is 1. The van der Waals surface area contributed by atoms with E-state index < -0.39 is 0 Å². The van der Waals surface area contributed by atoms with Crippen LogP contribution in [0.25, 0.3) is 0 Å². The number of carbonyl (C=O) groups is 2. The second-order valence-corrected chi connectivity index (χ2v) is 7.47. The number of rotatable bonds is 8. The van der Waals surface area contributed by atoms with Gasteiger partial charge in [0.1, 0.15) is 0 Å². The van der Waals surface area contributed by atoms with Gasteiger partial charge in [-0.2, -0.15) is 0 Å². The first kappa shape index (κ1) is 19.2. The first-order valence-corrected chi connectivity index (χ1v) is 9.96. The average molecular weight is 338 g/mol. The lowest BCUT2D eigenvalue weighted by molar-refractivity contribution is -0.126. The van der Waals surface area contributed by atoms with Crippen LogP contribution in [0.2, 0.25) is 0 Å². The fourth-order valence-electron chi connectivity index (χ4n) is 4.04. The molecule has 0 aromatic carbocycles. The number of hydrogen-bond donors (Lipinski definition) is 3. The van der Waals surface area contributed by atoms with Crippen molar-refractivity contribution in [1.82, 2.24) is 16.0 Å². The zero-order valence-corrected chi connectivity index (χ0v) is 15.2. The molecule has 0 atom stereocenters. The molecule has 0 aromatic heterocycles.